The number of ketones is 1. The van der Waals surface area contributed by atoms with E-state index in [0.29, 0.717) is 13.1 Å². The van der Waals surface area contributed by atoms with E-state index in [0.717, 1.165) is 10.6 Å². The van der Waals surface area contributed by atoms with Gasteiger partial charge in [-0.05, 0) is 32.6 Å². The first kappa shape index (κ1) is 15.3. The highest BCUT2D eigenvalue weighted by Gasteiger charge is 2.60. The van der Waals surface area contributed by atoms with Crippen LogP contribution in [0.2, 0.25) is 0 Å². The van der Waals surface area contributed by atoms with Crippen molar-refractivity contribution in [1.82, 2.24) is 4.90 Å². The molecule has 120 valence electrons. The number of ether oxygens (including phenoxy) is 2. The van der Waals surface area contributed by atoms with Gasteiger partial charge in [0.2, 0.25) is 0 Å². The molecule has 2 atom stereocenters. The number of piperidine rings is 1. The van der Waals surface area contributed by atoms with E-state index in [4.69, 9.17) is 9.47 Å². The van der Waals surface area contributed by atoms with Crippen molar-refractivity contribution in [3.8, 4) is 5.75 Å². The number of hydrogen-bond donors (Lipinski definition) is 0. The summed E-state index contributed by atoms with van der Waals surface area (Å²) in [6.45, 7) is 6.83. The van der Waals surface area contributed by atoms with Gasteiger partial charge in [0.15, 0.2) is 5.78 Å². The first-order valence-corrected chi connectivity index (χ1v) is 8.33. The van der Waals surface area contributed by atoms with Crippen molar-refractivity contribution in [2.75, 3.05) is 20.2 Å². The average molecular weight is 323 g/mol. The van der Waals surface area contributed by atoms with Crippen LogP contribution < -0.4 is 4.74 Å². The van der Waals surface area contributed by atoms with Crippen LogP contribution in [-0.2, 0) is 4.74 Å². The Bertz CT molecular complexity index is 592. The van der Waals surface area contributed by atoms with Crippen LogP contribution in [0.25, 0.3) is 0 Å². The van der Waals surface area contributed by atoms with Crippen molar-refractivity contribution in [3.63, 3.8) is 0 Å². The molecule has 2 aliphatic rings. The summed E-state index contributed by atoms with van der Waals surface area (Å²) in [6.07, 6.45) is -0.274. The van der Waals surface area contributed by atoms with Crippen LogP contribution in [0.1, 0.15) is 30.4 Å². The number of amides is 1. The smallest absolute Gasteiger partial charge is 0.410 e. The number of carbonyl (C=O) groups is 2. The fraction of sp³-hybridized carbons (Fsp3) is 0.625. The number of Topliss-reactive ketones (excluding diaryl/α,β-unsaturated/α-hetero) is 1. The second-order valence-electron chi connectivity index (χ2n) is 6.95. The predicted octanol–water partition coefficient (Wildman–Crippen LogP) is 3.05. The number of rotatable bonds is 3. The van der Waals surface area contributed by atoms with Gasteiger partial charge in [-0.25, -0.2) is 4.79 Å². The molecule has 1 saturated carbocycles. The lowest BCUT2D eigenvalue weighted by Gasteiger charge is -2.25. The van der Waals surface area contributed by atoms with Crippen molar-refractivity contribution in [3.05, 3.63) is 16.3 Å². The summed E-state index contributed by atoms with van der Waals surface area (Å²) in [5, 5.41) is 1.85. The van der Waals surface area contributed by atoms with Crippen LogP contribution in [0.4, 0.5) is 4.79 Å². The lowest BCUT2D eigenvalue weighted by atomic mass is 10.1. The monoisotopic (exact) mass is 323 g/mol. The first-order chi connectivity index (χ1) is 10.3. The van der Waals surface area contributed by atoms with Gasteiger partial charge in [0, 0.05) is 30.5 Å². The lowest BCUT2D eigenvalue weighted by molar-refractivity contribution is 0.0264. The molecule has 2 fully saturated rings. The third-order valence-electron chi connectivity index (χ3n) is 4.20. The van der Waals surface area contributed by atoms with Crippen LogP contribution in [0.15, 0.2) is 11.4 Å². The van der Waals surface area contributed by atoms with Gasteiger partial charge in [-0.3, -0.25) is 4.79 Å². The van der Waals surface area contributed by atoms with E-state index < -0.39 is 5.60 Å². The number of fused-ring (bicyclic) bond motifs is 1. The minimum absolute atomic E-state index is 0.0574. The average Bonchev–Trinajstić information content (AvgIpc) is 2.85. The van der Waals surface area contributed by atoms with Crippen molar-refractivity contribution < 1.29 is 19.1 Å². The van der Waals surface area contributed by atoms with Gasteiger partial charge in [0.1, 0.15) is 11.4 Å². The SMILES string of the molecule is COc1csc(C(=O)C2C3CN(C(=O)OC(C)(C)C)CC32)c1. The molecule has 1 aliphatic carbocycles. The van der Waals surface area contributed by atoms with Gasteiger partial charge in [-0.15, -0.1) is 11.3 Å². The number of methoxy groups -OCH3 is 1. The molecule has 2 heterocycles. The molecule has 1 aromatic rings. The first-order valence-electron chi connectivity index (χ1n) is 7.45. The highest BCUT2D eigenvalue weighted by Crippen LogP contribution is 2.53. The molecule has 0 spiro atoms. The normalized spacial score (nSPS) is 26.5. The van der Waals surface area contributed by atoms with E-state index in [2.05, 4.69) is 0 Å². The number of thiophene rings is 1. The maximum Gasteiger partial charge on any atom is 0.410 e. The molecule has 0 aromatic carbocycles. The van der Waals surface area contributed by atoms with Crippen LogP contribution in [-0.4, -0.2) is 42.6 Å². The highest BCUT2D eigenvalue weighted by molar-refractivity contribution is 7.12. The minimum atomic E-state index is -0.480. The number of likely N-dealkylation sites (tertiary alicyclic amines) is 1. The van der Waals surface area contributed by atoms with E-state index in [1.54, 1.807) is 18.1 Å². The zero-order valence-corrected chi connectivity index (χ0v) is 14.1. The van der Waals surface area contributed by atoms with Gasteiger partial charge in [-0.1, -0.05) is 0 Å². The van der Waals surface area contributed by atoms with Gasteiger partial charge >= 0.3 is 6.09 Å². The summed E-state index contributed by atoms with van der Waals surface area (Å²) < 4.78 is 10.5. The Balaban J connectivity index is 1.56. The van der Waals surface area contributed by atoms with Crippen LogP contribution in [0.3, 0.4) is 0 Å². The largest absolute Gasteiger partial charge is 0.496 e. The van der Waals surface area contributed by atoms with Crippen LogP contribution >= 0.6 is 11.3 Å². The summed E-state index contributed by atoms with van der Waals surface area (Å²) in [5.74, 6) is 1.55. The molecular formula is C16H21NO4S. The van der Waals surface area contributed by atoms with E-state index in [1.165, 1.54) is 11.3 Å². The van der Waals surface area contributed by atoms with Crippen molar-refractivity contribution in [1.29, 1.82) is 0 Å². The van der Waals surface area contributed by atoms with Gasteiger partial charge < -0.3 is 14.4 Å². The quantitative estimate of drug-likeness (QED) is 0.802. The lowest BCUT2D eigenvalue weighted by Crippen LogP contribution is -2.37. The Morgan fingerprint density at radius 2 is 1.91 bits per heavy atom. The van der Waals surface area contributed by atoms with Crippen LogP contribution in [0, 0.1) is 17.8 Å². The summed E-state index contributed by atoms with van der Waals surface area (Å²) in [7, 11) is 1.60. The van der Waals surface area contributed by atoms with Crippen molar-refractivity contribution in [2.45, 2.75) is 26.4 Å². The molecule has 1 saturated heterocycles. The van der Waals surface area contributed by atoms with Crippen LogP contribution in [0.5, 0.6) is 5.75 Å². The van der Waals surface area contributed by atoms with Gasteiger partial charge in [-0.2, -0.15) is 0 Å². The molecule has 0 radical (unpaired) electrons. The number of carbonyl (C=O) groups excluding carboxylic acids is 2. The highest BCUT2D eigenvalue weighted by atomic mass is 32.1. The molecule has 0 N–H and O–H groups in total. The van der Waals surface area contributed by atoms with Crippen molar-refractivity contribution in [2.24, 2.45) is 17.8 Å². The Kier molecular flexibility index (Phi) is 3.67. The molecule has 1 aliphatic heterocycles. The third-order valence-corrected chi connectivity index (χ3v) is 5.13. The molecule has 22 heavy (non-hydrogen) atoms. The molecule has 3 rings (SSSR count). The summed E-state index contributed by atoms with van der Waals surface area (Å²) in [4.78, 5) is 27.0. The van der Waals surface area contributed by atoms with E-state index >= 15 is 0 Å². The molecule has 5 nitrogen and oxygen atoms in total. The topological polar surface area (TPSA) is 55.8 Å². The summed E-state index contributed by atoms with van der Waals surface area (Å²) >= 11 is 1.42. The summed E-state index contributed by atoms with van der Waals surface area (Å²) in [6, 6.07) is 1.80. The van der Waals surface area contributed by atoms with E-state index in [9.17, 15) is 9.59 Å². The molecule has 1 amide bonds. The van der Waals surface area contributed by atoms with Gasteiger partial charge in [0.25, 0.3) is 0 Å². The standard InChI is InChI=1S/C16H21NO4S/c1-16(2,3)21-15(19)17-6-10-11(7-17)13(10)14(18)12-5-9(20-4)8-22-12/h5,8,10-11,13H,6-7H2,1-4H3. The van der Waals surface area contributed by atoms with E-state index in [-0.39, 0.29) is 29.6 Å². The maximum absolute atomic E-state index is 12.5. The third kappa shape index (κ3) is 2.84. The molecule has 2 unspecified atom stereocenters. The zero-order valence-electron chi connectivity index (χ0n) is 13.3. The molecular weight excluding hydrogens is 302 g/mol. The fourth-order valence-electron chi connectivity index (χ4n) is 3.11. The predicted molar refractivity (Wildman–Crippen MR) is 83.5 cm³/mol. The Morgan fingerprint density at radius 3 is 2.41 bits per heavy atom. The minimum Gasteiger partial charge on any atom is -0.496 e. The Hall–Kier alpha value is -1.56. The fourth-order valence-corrected chi connectivity index (χ4v) is 3.95. The summed E-state index contributed by atoms with van der Waals surface area (Å²) in [5.41, 5.74) is -0.480. The number of hydrogen-bond acceptors (Lipinski definition) is 5. The second kappa shape index (κ2) is 5.26. The van der Waals surface area contributed by atoms with Gasteiger partial charge in [0.05, 0.1) is 12.0 Å². The molecule has 6 heteroatoms. The Labute approximate surface area is 134 Å². The molecule has 0 bridgehead atoms. The number of nitrogens with zero attached hydrogens (tertiary/aromatic N) is 1. The van der Waals surface area contributed by atoms with E-state index in [1.807, 2.05) is 26.2 Å². The zero-order chi connectivity index (χ0) is 16.1. The Morgan fingerprint density at radius 1 is 1.27 bits per heavy atom. The second-order valence-corrected chi connectivity index (χ2v) is 7.87. The molecule has 1 aromatic heterocycles. The van der Waals surface area contributed by atoms with Crippen molar-refractivity contribution >= 4 is 23.2 Å². The maximum atomic E-state index is 12.5.